The Morgan fingerprint density at radius 1 is 1.38 bits per heavy atom. The lowest BCUT2D eigenvalue weighted by atomic mass is 9.97. The van der Waals surface area contributed by atoms with E-state index in [1.54, 1.807) is 0 Å². The molecule has 1 N–H and O–H groups in total. The number of nitrogens with one attached hydrogen (secondary N) is 1. The molecule has 1 aromatic rings. The minimum atomic E-state index is 0.476. The van der Waals surface area contributed by atoms with E-state index in [0.29, 0.717) is 12.1 Å². The van der Waals surface area contributed by atoms with Gasteiger partial charge in [-0.2, -0.15) is 0 Å². The third-order valence-corrected chi connectivity index (χ3v) is 3.39. The molecule has 4 heteroatoms. The zero-order valence-electron chi connectivity index (χ0n) is 10.1. The minimum absolute atomic E-state index is 0.476. The normalized spacial score (nSPS) is 23.1. The molecule has 2 rings (SSSR count). The molecule has 1 aliphatic rings. The number of anilines is 1. The van der Waals surface area contributed by atoms with E-state index in [1.807, 2.05) is 25.5 Å². The molecular weight excluding hydrogens is 200 g/mol. The molecule has 1 saturated heterocycles. The molecule has 0 radical (unpaired) electrons. The van der Waals surface area contributed by atoms with Crippen molar-refractivity contribution in [3.05, 3.63) is 18.5 Å². The fraction of sp³-hybridized carbons (Fsp3) is 0.667. The van der Waals surface area contributed by atoms with E-state index in [9.17, 15) is 0 Å². The van der Waals surface area contributed by atoms with Gasteiger partial charge in [-0.1, -0.05) is 0 Å². The van der Waals surface area contributed by atoms with Gasteiger partial charge < -0.3 is 10.2 Å². The minimum Gasteiger partial charge on any atom is -0.336 e. The van der Waals surface area contributed by atoms with Gasteiger partial charge in [-0.15, -0.1) is 0 Å². The van der Waals surface area contributed by atoms with Crippen LogP contribution in [0.25, 0.3) is 0 Å². The Morgan fingerprint density at radius 3 is 2.81 bits per heavy atom. The molecule has 2 heterocycles. The molecule has 0 amide bonds. The molecule has 0 bridgehead atoms. The van der Waals surface area contributed by atoms with Crippen LogP contribution in [-0.4, -0.2) is 35.6 Å². The summed E-state index contributed by atoms with van der Waals surface area (Å²) < 4.78 is 0. The maximum atomic E-state index is 4.36. The number of aromatic nitrogens is 2. The molecule has 0 aliphatic carbocycles. The fourth-order valence-corrected chi connectivity index (χ4v) is 2.36. The Balaban J connectivity index is 2.16. The van der Waals surface area contributed by atoms with Crippen LogP contribution in [0.5, 0.6) is 0 Å². The van der Waals surface area contributed by atoms with Crippen LogP contribution in [0.2, 0.25) is 0 Å². The van der Waals surface area contributed by atoms with Gasteiger partial charge in [0.25, 0.3) is 0 Å². The van der Waals surface area contributed by atoms with Gasteiger partial charge in [0, 0.05) is 31.0 Å². The van der Waals surface area contributed by atoms with Crippen molar-refractivity contribution in [2.24, 2.45) is 0 Å². The molecule has 1 fully saturated rings. The lowest BCUT2D eigenvalue weighted by Crippen LogP contribution is -2.51. The fourth-order valence-electron chi connectivity index (χ4n) is 2.36. The topological polar surface area (TPSA) is 41.0 Å². The molecule has 16 heavy (non-hydrogen) atoms. The van der Waals surface area contributed by atoms with Crippen molar-refractivity contribution in [3.8, 4) is 0 Å². The first-order valence-corrected chi connectivity index (χ1v) is 6.04. The largest absolute Gasteiger partial charge is 0.336 e. The van der Waals surface area contributed by atoms with Crippen molar-refractivity contribution in [1.82, 2.24) is 15.3 Å². The third-order valence-electron chi connectivity index (χ3n) is 3.39. The molecule has 2 unspecified atom stereocenters. The van der Waals surface area contributed by atoms with Gasteiger partial charge in [0.1, 0.15) is 0 Å². The smallest absolute Gasteiger partial charge is 0.225 e. The third kappa shape index (κ3) is 2.32. The second kappa shape index (κ2) is 5.25. The van der Waals surface area contributed by atoms with Crippen molar-refractivity contribution in [3.63, 3.8) is 0 Å². The monoisotopic (exact) mass is 220 g/mol. The molecule has 4 nitrogen and oxygen atoms in total. The molecule has 1 aliphatic heterocycles. The maximum Gasteiger partial charge on any atom is 0.225 e. The second-order valence-electron chi connectivity index (χ2n) is 4.38. The Bertz CT molecular complexity index is 314. The lowest BCUT2D eigenvalue weighted by Gasteiger charge is -2.39. The summed E-state index contributed by atoms with van der Waals surface area (Å²) in [5, 5.41) is 3.34. The van der Waals surface area contributed by atoms with Crippen molar-refractivity contribution in [2.75, 3.05) is 18.5 Å². The number of hydrogen-bond donors (Lipinski definition) is 1. The van der Waals surface area contributed by atoms with Crippen LogP contribution in [0.3, 0.4) is 0 Å². The quantitative estimate of drug-likeness (QED) is 0.837. The van der Waals surface area contributed by atoms with Crippen LogP contribution >= 0.6 is 0 Å². The summed E-state index contributed by atoms with van der Waals surface area (Å²) >= 11 is 0. The van der Waals surface area contributed by atoms with E-state index in [1.165, 1.54) is 19.3 Å². The summed E-state index contributed by atoms with van der Waals surface area (Å²) in [5.41, 5.74) is 0. The molecule has 0 saturated carbocycles. The van der Waals surface area contributed by atoms with E-state index < -0.39 is 0 Å². The van der Waals surface area contributed by atoms with E-state index in [0.717, 1.165) is 12.5 Å². The summed E-state index contributed by atoms with van der Waals surface area (Å²) in [5.74, 6) is 0.870. The number of hydrogen-bond acceptors (Lipinski definition) is 4. The summed E-state index contributed by atoms with van der Waals surface area (Å²) in [6, 6.07) is 2.86. The SMILES string of the molecule is CNC(C)C1CCCCN1c1ncccn1. The van der Waals surface area contributed by atoms with E-state index in [2.05, 4.69) is 27.1 Å². The van der Waals surface area contributed by atoms with Crippen LogP contribution in [0.15, 0.2) is 18.5 Å². The molecule has 0 spiro atoms. The van der Waals surface area contributed by atoms with Gasteiger partial charge in [-0.05, 0) is 39.3 Å². The Hall–Kier alpha value is -1.16. The van der Waals surface area contributed by atoms with E-state index in [4.69, 9.17) is 0 Å². The standard InChI is InChI=1S/C12H20N4/c1-10(13-2)11-6-3-4-9-16(11)12-14-7-5-8-15-12/h5,7-8,10-11,13H,3-4,6,9H2,1-2H3. The first kappa shape index (κ1) is 11.3. The molecule has 1 aromatic heterocycles. The highest BCUT2D eigenvalue weighted by atomic mass is 15.3. The number of rotatable bonds is 3. The molecular formula is C12H20N4. The molecule has 0 aromatic carbocycles. The zero-order chi connectivity index (χ0) is 11.4. The van der Waals surface area contributed by atoms with Crippen LogP contribution in [0.1, 0.15) is 26.2 Å². The molecule has 88 valence electrons. The number of piperidine rings is 1. The van der Waals surface area contributed by atoms with Crippen molar-refractivity contribution in [2.45, 2.75) is 38.3 Å². The maximum absolute atomic E-state index is 4.36. The number of likely N-dealkylation sites (N-methyl/N-ethyl adjacent to an activating group) is 1. The molecule has 2 atom stereocenters. The Morgan fingerprint density at radius 2 is 2.12 bits per heavy atom. The van der Waals surface area contributed by atoms with Gasteiger partial charge in [0.2, 0.25) is 5.95 Å². The Labute approximate surface area is 97.1 Å². The van der Waals surface area contributed by atoms with E-state index in [-0.39, 0.29) is 0 Å². The van der Waals surface area contributed by atoms with E-state index >= 15 is 0 Å². The van der Waals surface area contributed by atoms with Gasteiger partial charge in [-0.25, -0.2) is 9.97 Å². The average Bonchev–Trinajstić information content (AvgIpc) is 2.39. The van der Waals surface area contributed by atoms with Gasteiger partial charge >= 0.3 is 0 Å². The summed E-state index contributed by atoms with van der Waals surface area (Å²) in [7, 11) is 2.02. The summed E-state index contributed by atoms with van der Waals surface area (Å²) in [4.78, 5) is 11.1. The Kier molecular flexibility index (Phi) is 3.72. The van der Waals surface area contributed by atoms with Crippen molar-refractivity contribution >= 4 is 5.95 Å². The highest BCUT2D eigenvalue weighted by Gasteiger charge is 2.27. The predicted octanol–water partition coefficient (Wildman–Crippen LogP) is 1.44. The summed E-state index contributed by atoms with van der Waals surface area (Å²) in [6.07, 6.45) is 7.40. The number of nitrogens with zero attached hydrogens (tertiary/aromatic N) is 3. The van der Waals surface area contributed by atoms with Crippen LogP contribution in [0.4, 0.5) is 5.95 Å². The van der Waals surface area contributed by atoms with Gasteiger partial charge in [0.15, 0.2) is 0 Å². The predicted molar refractivity (Wildman–Crippen MR) is 65.5 cm³/mol. The average molecular weight is 220 g/mol. The van der Waals surface area contributed by atoms with Crippen LogP contribution in [-0.2, 0) is 0 Å². The van der Waals surface area contributed by atoms with Crippen molar-refractivity contribution in [1.29, 1.82) is 0 Å². The van der Waals surface area contributed by atoms with Crippen molar-refractivity contribution < 1.29 is 0 Å². The first-order valence-electron chi connectivity index (χ1n) is 6.04. The van der Waals surface area contributed by atoms with Gasteiger partial charge in [0.05, 0.1) is 0 Å². The van der Waals surface area contributed by atoms with Gasteiger partial charge in [-0.3, -0.25) is 0 Å². The highest BCUT2D eigenvalue weighted by molar-refractivity contribution is 5.32. The zero-order valence-corrected chi connectivity index (χ0v) is 10.1. The first-order chi connectivity index (χ1) is 7.83. The highest BCUT2D eigenvalue weighted by Crippen LogP contribution is 2.23. The second-order valence-corrected chi connectivity index (χ2v) is 4.38. The summed E-state index contributed by atoms with van der Waals surface area (Å²) in [6.45, 7) is 3.30. The van der Waals surface area contributed by atoms with Crippen LogP contribution < -0.4 is 10.2 Å². The van der Waals surface area contributed by atoms with Crippen LogP contribution in [0, 0.1) is 0 Å². The lowest BCUT2D eigenvalue weighted by molar-refractivity contribution is 0.378.